The molecule has 16 heavy (non-hydrogen) atoms. The number of Topliss-reactive ketones (excluding diaryl/α,β-unsaturated/α-hetero) is 1. The molecule has 0 aliphatic rings. The Bertz CT molecular complexity index is 317. The first-order chi connectivity index (χ1) is 7.79. The van der Waals surface area contributed by atoms with E-state index in [4.69, 9.17) is 0 Å². The van der Waals surface area contributed by atoms with Crippen molar-refractivity contribution < 1.29 is 4.79 Å². The number of hydrogen-bond acceptors (Lipinski definition) is 2. The van der Waals surface area contributed by atoms with Crippen molar-refractivity contribution in [3.63, 3.8) is 0 Å². The highest BCUT2D eigenvalue weighted by atomic mass is 16.1. The van der Waals surface area contributed by atoms with Crippen LogP contribution in [-0.2, 0) is 6.54 Å². The van der Waals surface area contributed by atoms with E-state index in [2.05, 4.69) is 18.9 Å². The van der Waals surface area contributed by atoms with E-state index in [-0.39, 0.29) is 5.78 Å². The number of carbonyl (C=O) groups is 1. The summed E-state index contributed by atoms with van der Waals surface area (Å²) in [7, 11) is 0. The lowest BCUT2D eigenvalue weighted by atomic mass is 10.1. The van der Waals surface area contributed by atoms with Crippen molar-refractivity contribution >= 4 is 5.78 Å². The van der Waals surface area contributed by atoms with Crippen molar-refractivity contribution in [3.05, 3.63) is 18.0 Å². The van der Waals surface area contributed by atoms with Crippen molar-refractivity contribution in [3.8, 4) is 0 Å². The van der Waals surface area contributed by atoms with Gasteiger partial charge in [0.2, 0.25) is 0 Å². The molecule has 0 amide bonds. The van der Waals surface area contributed by atoms with E-state index < -0.39 is 0 Å². The Hall–Kier alpha value is -1.12. The van der Waals surface area contributed by atoms with Crippen LogP contribution in [0.1, 0.15) is 62.9 Å². The van der Waals surface area contributed by atoms with Crippen molar-refractivity contribution in [1.82, 2.24) is 9.78 Å². The fraction of sp³-hybridized carbons (Fsp3) is 0.692. The molecular formula is C13H22N2O. The largest absolute Gasteiger partial charge is 0.292 e. The Labute approximate surface area is 97.8 Å². The lowest BCUT2D eigenvalue weighted by Gasteiger charge is -2.04. The zero-order valence-electron chi connectivity index (χ0n) is 10.4. The van der Waals surface area contributed by atoms with Gasteiger partial charge >= 0.3 is 0 Å². The van der Waals surface area contributed by atoms with Gasteiger partial charge in [0.15, 0.2) is 5.78 Å². The first-order valence-corrected chi connectivity index (χ1v) is 6.34. The summed E-state index contributed by atoms with van der Waals surface area (Å²) in [5.41, 5.74) is 0.776. The Morgan fingerprint density at radius 1 is 1.25 bits per heavy atom. The molecule has 0 fully saturated rings. The van der Waals surface area contributed by atoms with Crippen LogP contribution in [0.25, 0.3) is 0 Å². The summed E-state index contributed by atoms with van der Waals surface area (Å²) in [6, 6.07) is 1.83. The summed E-state index contributed by atoms with van der Waals surface area (Å²) in [6.07, 6.45) is 7.99. The molecule has 1 aromatic rings. The average Bonchev–Trinajstić information content (AvgIpc) is 2.73. The predicted octanol–water partition coefficient (Wildman–Crippen LogP) is 3.45. The van der Waals surface area contributed by atoms with Crippen LogP contribution in [-0.4, -0.2) is 15.6 Å². The Balaban J connectivity index is 2.42. The van der Waals surface area contributed by atoms with Gasteiger partial charge in [0.25, 0.3) is 0 Å². The van der Waals surface area contributed by atoms with Gasteiger partial charge in [-0.15, -0.1) is 0 Å². The summed E-state index contributed by atoms with van der Waals surface area (Å²) < 4.78 is 1.82. The predicted molar refractivity (Wildman–Crippen MR) is 65.6 cm³/mol. The number of unbranched alkanes of at least 4 members (excludes halogenated alkanes) is 3. The highest BCUT2D eigenvalue weighted by Crippen LogP contribution is 2.09. The molecule has 0 radical (unpaired) electrons. The second-order valence-corrected chi connectivity index (χ2v) is 4.17. The number of carbonyl (C=O) groups excluding carboxylic acids is 1. The van der Waals surface area contributed by atoms with Crippen LogP contribution in [0.4, 0.5) is 0 Å². The summed E-state index contributed by atoms with van der Waals surface area (Å²) >= 11 is 0. The standard InChI is InChI=1S/C13H22N2O/c1-3-5-6-7-8-13(16)12-9-10-14-15(12)11-4-2/h9-10H,3-8,11H2,1-2H3. The van der Waals surface area contributed by atoms with Crippen LogP contribution in [0, 0.1) is 0 Å². The summed E-state index contributed by atoms with van der Waals surface area (Å²) in [5.74, 6) is 0.238. The number of ketones is 1. The molecule has 0 aliphatic carbocycles. The van der Waals surface area contributed by atoms with Crippen molar-refractivity contribution in [1.29, 1.82) is 0 Å². The molecule has 0 atom stereocenters. The molecule has 1 aromatic heterocycles. The molecule has 0 spiro atoms. The summed E-state index contributed by atoms with van der Waals surface area (Å²) in [6.45, 7) is 5.11. The summed E-state index contributed by atoms with van der Waals surface area (Å²) in [4.78, 5) is 11.9. The van der Waals surface area contributed by atoms with Gasteiger partial charge in [0.1, 0.15) is 5.69 Å². The molecule has 0 aromatic carbocycles. The summed E-state index contributed by atoms with van der Waals surface area (Å²) in [5, 5.41) is 4.17. The van der Waals surface area contributed by atoms with Crippen LogP contribution in [0.15, 0.2) is 12.3 Å². The Morgan fingerprint density at radius 3 is 2.75 bits per heavy atom. The average molecular weight is 222 g/mol. The van der Waals surface area contributed by atoms with Gasteiger partial charge < -0.3 is 0 Å². The smallest absolute Gasteiger partial charge is 0.180 e. The SMILES string of the molecule is CCCCCCC(=O)c1ccnn1CCC. The zero-order valence-corrected chi connectivity index (χ0v) is 10.4. The van der Waals surface area contributed by atoms with E-state index in [0.717, 1.165) is 31.5 Å². The van der Waals surface area contributed by atoms with Crippen LogP contribution in [0.2, 0.25) is 0 Å². The third-order valence-electron chi connectivity index (χ3n) is 2.70. The normalized spacial score (nSPS) is 10.6. The molecule has 3 nitrogen and oxygen atoms in total. The monoisotopic (exact) mass is 222 g/mol. The van der Waals surface area contributed by atoms with E-state index in [0.29, 0.717) is 6.42 Å². The molecule has 0 N–H and O–H groups in total. The minimum absolute atomic E-state index is 0.238. The van der Waals surface area contributed by atoms with Crippen molar-refractivity contribution in [2.24, 2.45) is 0 Å². The highest BCUT2D eigenvalue weighted by Gasteiger charge is 2.10. The molecule has 0 bridgehead atoms. The molecule has 90 valence electrons. The molecule has 0 saturated carbocycles. The fourth-order valence-electron chi connectivity index (χ4n) is 1.80. The molecule has 1 heterocycles. The zero-order chi connectivity index (χ0) is 11.8. The quantitative estimate of drug-likeness (QED) is 0.499. The third-order valence-corrected chi connectivity index (χ3v) is 2.70. The first kappa shape index (κ1) is 12.9. The van der Waals surface area contributed by atoms with Gasteiger partial charge in [0, 0.05) is 19.2 Å². The van der Waals surface area contributed by atoms with Gasteiger partial charge in [-0.2, -0.15) is 5.10 Å². The molecule has 0 aliphatic heterocycles. The van der Waals surface area contributed by atoms with E-state index in [1.54, 1.807) is 6.20 Å². The van der Waals surface area contributed by atoms with Crippen molar-refractivity contribution in [2.45, 2.75) is 58.9 Å². The Kier molecular flexibility index (Phi) is 5.83. The number of rotatable bonds is 8. The first-order valence-electron chi connectivity index (χ1n) is 6.34. The van der Waals surface area contributed by atoms with Crippen LogP contribution < -0.4 is 0 Å². The molecular weight excluding hydrogens is 200 g/mol. The lowest BCUT2D eigenvalue weighted by Crippen LogP contribution is -2.10. The molecule has 1 rings (SSSR count). The van der Waals surface area contributed by atoms with Crippen molar-refractivity contribution in [2.75, 3.05) is 0 Å². The topological polar surface area (TPSA) is 34.9 Å². The van der Waals surface area contributed by atoms with E-state index in [9.17, 15) is 4.79 Å². The molecule has 0 saturated heterocycles. The second-order valence-electron chi connectivity index (χ2n) is 4.17. The third kappa shape index (κ3) is 3.80. The number of nitrogens with zero attached hydrogens (tertiary/aromatic N) is 2. The van der Waals surface area contributed by atoms with Gasteiger partial charge in [-0.1, -0.05) is 33.1 Å². The van der Waals surface area contributed by atoms with Gasteiger partial charge in [-0.05, 0) is 18.9 Å². The Morgan fingerprint density at radius 2 is 2.06 bits per heavy atom. The maximum Gasteiger partial charge on any atom is 0.180 e. The minimum Gasteiger partial charge on any atom is -0.292 e. The van der Waals surface area contributed by atoms with E-state index in [1.807, 2.05) is 10.7 Å². The number of aromatic nitrogens is 2. The fourth-order valence-corrected chi connectivity index (χ4v) is 1.80. The minimum atomic E-state index is 0.238. The number of hydrogen-bond donors (Lipinski definition) is 0. The van der Waals surface area contributed by atoms with Gasteiger partial charge in [-0.25, -0.2) is 0 Å². The molecule has 3 heteroatoms. The lowest BCUT2D eigenvalue weighted by molar-refractivity contribution is 0.0968. The van der Waals surface area contributed by atoms with Gasteiger partial charge in [-0.3, -0.25) is 9.48 Å². The van der Waals surface area contributed by atoms with Crippen LogP contribution in [0.3, 0.4) is 0 Å². The number of aryl methyl sites for hydroxylation is 1. The maximum absolute atomic E-state index is 11.9. The van der Waals surface area contributed by atoms with E-state index in [1.165, 1.54) is 12.8 Å². The van der Waals surface area contributed by atoms with E-state index >= 15 is 0 Å². The second kappa shape index (κ2) is 7.20. The highest BCUT2D eigenvalue weighted by molar-refractivity contribution is 5.94. The maximum atomic E-state index is 11.9. The van der Waals surface area contributed by atoms with Gasteiger partial charge in [0.05, 0.1) is 0 Å². The van der Waals surface area contributed by atoms with Crippen LogP contribution >= 0.6 is 0 Å². The van der Waals surface area contributed by atoms with Crippen LogP contribution in [0.5, 0.6) is 0 Å². The molecule has 0 unspecified atom stereocenters.